The molecule has 2 heterocycles. The lowest BCUT2D eigenvalue weighted by molar-refractivity contribution is -0.140. The van der Waals surface area contributed by atoms with E-state index in [1.807, 2.05) is 0 Å². The average molecular weight is 290 g/mol. The van der Waals surface area contributed by atoms with E-state index < -0.39 is 29.2 Å². The highest BCUT2D eigenvalue weighted by atomic mass is 16.4. The number of aliphatic hydroxyl groups is 1. The van der Waals surface area contributed by atoms with Crippen LogP contribution in [0.1, 0.15) is 30.3 Å². The summed E-state index contributed by atoms with van der Waals surface area (Å²) < 4.78 is 1.68. The van der Waals surface area contributed by atoms with E-state index in [-0.39, 0.29) is 11.3 Å². The van der Waals surface area contributed by atoms with Gasteiger partial charge in [-0.05, 0) is 31.9 Å². The lowest BCUT2D eigenvalue weighted by Gasteiger charge is -2.27. The second-order valence-corrected chi connectivity index (χ2v) is 5.38. The van der Waals surface area contributed by atoms with E-state index in [9.17, 15) is 19.5 Å². The highest BCUT2D eigenvalue weighted by Crippen LogP contribution is 2.52. The van der Waals surface area contributed by atoms with Crippen LogP contribution in [0, 0.1) is 0 Å². The summed E-state index contributed by atoms with van der Waals surface area (Å²) in [6.07, 6.45) is 2.98. The van der Waals surface area contributed by atoms with Crippen molar-refractivity contribution < 1.29 is 24.6 Å². The number of carbonyl (C=O) groups is 3. The fraction of sp³-hybridized carbons (Fsp3) is 0.357. The summed E-state index contributed by atoms with van der Waals surface area (Å²) in [4.78, 5) is 35.3. The number of amides is 1. The molecule has 1 amide bonds. The molecule has 21 heavy (non-hydrogen) atoms. The molecule has 7 heteroatoms. The predicted molar refractivity (Wildman–Crippen MR) is 70.9 cm³/mol. The normalized spacial score (nSPS) is 20.1. The van der Waals surface area contributed by atoms with Gasteiger partial charge in [0.25, 0.3) is 5.91 Å². The van der Waals surface area contributed by atoms with Gasteiger partial charge in [-0.15, -0.1) is 0 Å². The molecule has 1 aromatic heterocycles. The van der Waals surface area contributed by atoms with Gasteiger partial charge in [0.05, 0.1) is 5.69 Å². The number of nitrogens with one attached hydrogen (secondary N) is 1. The molecule has 3 N–H and O–H groups in total. The first kappa shape index (κ1) is 13.4. The van der Waals surface area contributed by atoms with Crippen LogP contribution in [0.3, 0.4) is 0 Å². The topological polar surface area (TPSA) is 109 Å². The molecule has 110 valence electrons. The van der Waals surface area contributed by atoms with Crippen LogP contribution in [-0.4, -0.2) is 38.5 Å². The first-order valence-corrected chi connectivity index (χ1v) is 6.58. The van der Waals surface area contributed by atoms with Crippen LogP contribution in [0.25, 0.3) is 0 Å². The monoisotopic (exact) mass is 290 g/mol. The van der Waals surface area contributed by atoms with E-state index in [4.69, 9.17) is 5.11 Å². The molecule has 1 saturated carbocycles. The lowest BCUT2D eigenvalue weighted by atomic mass is 9.96. The van der Waals surface area contributed by atoms with Gasteiger partial charge in [-0.3, -0.25) is 14.4 Å². The maximum atomic E-state index is 12.3. The van der Waals surface area contributed by atoms with Gasteiger partial charge in [-0.25, -0.2) is 0 Å². The van der Waals surface area contributed by atoms with Gasteiger partial charge in [-0.2, -0.15) is 0 Å². The smallest absolute Gasteiger partial charge is 0.325 e. The summed E-state index contributed by atoms with van der Waals surface area (Å²) in [7, 11) is 0. The Labute approximate surface area is 119 Å². The maximum Gasteiger partial charge on any atom is 0.325 e. The number of hydrogen-bond donors (Lipinski definition) is 3. The number of aliphatic hydroxyl groups excluding tert-OH is 1. The molecule has 0 saturated heterocycles. The first-order valence-electron chi connectivity index (χ1n) is 6.58. The van der Waals surface area contributed by atoms with E-state index in [2.05, 4.69) is 5.32 Å². The van der Waals surface area contributed by atoms with Crippen LogP contribution >= 0.6 is 0 Å². The Hall–Kier alpha value is -2.57. The van der Waals surface area contributed by atoms with Crippen LogP contribution in [0.2, 0.25) is 0 Å². The Balaban J connectivity index is 2.00. The number of aromatic nitrogens is 1. The number of aliphatic carboxylic acids is 1. The fourth-order valence-electron chi connectivity index (χ4n) is 2.66. The molecule has 0 aromatic carbocycles. The number of Topliss-reactive ketones (excluding diaryl/α,β-unsaturated/α-hetero) is 1. The third-order valence-corrected chi connectivity index (χ3v) is 4.02. The molecular formula is C14H14N2O5. The minimum atomic E-state index is -1.21. The van der Waals surface area contributed by atoms with Gasteiger partial charge in [0.2, 0.25) is 5.78 Å². The fourth-order valence-corrected chi connectivity index (χ4v) is 2.66. The molecule has 3 rings (SSSR count). The standard InChI is InChI=1S/C14H14N2O5/c1-7(13(20)21)15-12(19)9-10(17)8-3-2-6-16(8)14(4-5-14)11(9)18/h2-3,6-7,18H,4-5H2,1H3,(H,15,19)(H,20,21)/t7-/m1/s1. The number of rotatable bonds is 3. The van der Waals surface area contributed by atoms with Gasteiger partial charge in [0.1, 0.15) is 22.9 Å². The number of ketones is 1. The molecule has 1 aliphatic carbocycles. The van der Waals surface area contributed by atoms with Crippen molar-refractivity contribution in [3.8, 4) is 0 Å². The second-order valence-electron chi connectivity index (χ2n) is 5.38. The Morgan fingerprint density at radius 1 is 1.43 bits per heavy atom. The average Bonchev–Trinajstić information content (AvgIpc) is 3.06. The molecule has 0 radical (unpaired) electrons. The third-order valence-electron chi connectivity index (χ3n) is 4.02. The predicted octanol–water partition coefficient (Wildman–Crippen LogP) is 0.575. The van der Waals surface area contributed by atoms with Crippen molar-refractivity contribution in [2.75, 3.05) is 0 Å². The van der Waals surface area contributed by atoms with Gasteiger partial charge in [0, 0.05) is 6.20 Å². The quantitative estimate of drug-likeness (QED) is 0.705. The largest absolute Gasteiger partial charge is 0.509 e. The Kier molecular flexibility index (Phi) is 2.69. The number of carboxylic acids is 1. The van der Waals surface area contributed by atoms with Crippen LogP contribution in [-0.2, 0) is 15.1 Å². The first-order chi connectivity index (χ1) is 9.88. The molecule has 1 aromatic rings. The van der Waals surface area contributed by atoms with Gasteiger partial charge < -0.3 is 20.1 Å². The number of carbonyl (C=O) groups excluding carboxylic acids is 2. The zero-order valence-corrected chi connectivity index (χ0v) is 11.3. The minimum absolute atomic E-state index is 0.272. The summed E-state index contributed by atoms with van der Waals surface area (Å²) in [6.45, 7) is 1.29. The summed E-state index contributed by atoms with van der Waals surface area (Å²) in [5.41, 5.74) is -0.739. The molecule has 0 unspecified atom stereocenters. The highest BCUT2D eigenvalue weighted by Gasteiger charge is 2.55. The maximum absolute atomic E-state index is 12.3. The van der Waals surface area contributed by atoms with Crippen LogP contribution < -0.4 is 5.32 Å². The number of hydrogen-bond acceptors (Lipinski definition) is 4. The van der Waals surface area contributed by atoms with Crippen LogP contribution in [0.5, 0.6) is 0 Å². The molecule has 2 aliphatic rings. The Bertz CT molecular complexity index is 696. The molecule has 1 spiro atoms. The van der Waals surface area contributed by atoms with E-state index in [0.717, 1.165) is 0 Å². The van der Waals surface area contributed by atoms with Crippen LogP contribution in [0.4, 0.5) is 0 Å². The van der Waals surface area contributed by atoms with E-state index in [1.165, 1.54) is 6.92 Å². The van der Waals surface area contributed by atoms with Gasteiger partial charge >= 0.3 is 5.97 Å². The van der Waals surface area contributed by atoms with E-state index >= 15 is 0 Å². The van der Waals surface area contributed by atoms with Crippen molar-refractivity contribution in [2.45, 2.75) is 31.3 Å². The van der Waals surface area contributed by atoms with Gasteiger partial charge in [0.15, 0.2) is 0 Å². The van der Waals surface area contributed by atoms with E-state index in [1.54, 1.807) is 22.9 Å². The summed E-state index contributed by atoms with van der Waals surface area (Å²) in [6, 6.07) is 2.12. The van der Waals surface area contributed by atoms with Crippen LogP contribution in [0.15, 0.2) is 29.7 Å². The van der Waals surface area contributed by atoms with Crippen molar-refractivity contribution >= 4 is 17.7 Å². The van der Waals surface area contributed by atoms with Crippen molar-refractivity contribution in [1.82, 2.24) is 9.88 Å². The zero-order chi connectivity index (χ0) is 15.4. The molecular weight excluding hydrogens is 276 g/mol. The van der Waals surface area contributed by atoms with E-state index in [0.29, 0.717) is 18.5 Å². The highest BCUT2D eigenvalue weighted by molar-refractivity contribution is 6.26. The second kappa shape index (κ2) is 4.21. The molecule has 1 atom stereocenters. The molecule has 1 fully saturated rings. The summed E-state index contributed by atoms with van der Waals surface area (Å²) in [5, 5.41) is 21.4. The lowest BCUT2D eigenvalue weighted by Crippen LogP contribution is -2.43. The summed E-state index contributed by atoms with van der Waals surface area (Å²) in [5.74, 6) is -2.93. The number of carboxylic acid groups (broad SMARTS) is 1. The Morgan fingerprint density at radius 2 is 2.10 bits per heavy atom. The van der Waals surface area contributed by atoms with Crippen molar-refractivity contribution in [2.24, 2.45) is 0 Å². The molecule has 1 aliphatic heterocycles. The van der Waals surface area contributed by atoms with Crippen molar-refractivity contribution in [3.05, 3.63) is 35.4 Å². The van der Waals surface area contributed by atoms with Gasteiger partial charge in [-0.1, -0.05) is 0 Å². The Morgan fingerprint density at radius 3 is 2.67 bits per heavy atom. The molecule has 7 nitrogen and oxygen atoms in total. The van der Waals surface area contributed by atoms with Crippen molar-refractivity contribution in [1.29, 1.82) is 0 Å². The third kappa shape index (κ3) is 1.77. The number of allylic oxidation sites excluding steroid dienone is 1. The SMILES string of the molecule is C[C@@H](NC(=O)C1=C(O)C2(CC2)n2cccc2C1=O)C(=O)O. The number of fused-ring (bicyclic) bond motifs is 2. The van der Waals surface area contributed by atoms with Crippen molar-refractivity contribution in [3.63, 3.8) is 0 Å². The zero-order valence-electron chi connectivity index (χ0n) is 11.3. The minimum Gasteiger partial charge on any atom is -0.509 e. The number of nitrogens with zero attached hydrogens (tertiary/aromatic N) is 1. The summed E-state index contributed by atoms with van der Waals surface area (Å²) >= 11 is 0. The molecule has 0 bridgehead atoms.